The third kappa shape index (κ3) is 3.04. The lowest BCUT2D eigenvalue weighted by molar-refractivity contribution is 0.0563. The van der Waals surface area contributed by atoms with Crippen LogP contribution < -0.4 is 5.56 Å². The molecule has 0 aliphatic rings. The molecule has 0 fully saturated rings. The molecule has 0 radical (unpaired) electrons. The number of hydrogen-bond acceptors (Lipinski definition) is 7. The fourth-order valence-corrected chi connectivity index (χ4v) is 3.95. The number of aromatic nitrogens is 2. The molecule has 23 heavy (non-hydrogen) atoms. The van der Waals surface area contributed by atoms with Gasteiger partial charge in [0, 0.05) is 4.88 Å². The Bertz CT molecular complexity index is 939. The van der Waals surface area contributed by atoms with E-state index >= 15 is 0 Å². The van der Waals surface area contributed by atoms with Crippen LogP contribution in [0.1, 0.15) is 26.8 Å². The second kappa shape index (κ2) is 6.21. The third-order valence-electron chi connectivity index (χ3n) is 3.42. The van der Waals surface area contributed by atoms with Gasteiger partial charge in [-0.05, 0) is 31.5 Å². The van der Waals surface area contributed by atoms with Gasteiger partial charge in [0.2, 0.25) is 5.76 Å². The van der Waals surface area contributed by atoms with E-state index in [0.717, 1.165) is 15.3 Å². The van der Waals surface area contributed by atoms with Crippen LogP contribution >= 0.6 is 23.1 Å². The first-order valence-corrected chi connectivity index (χ1v) is 8.59. The van der Waals surface area contributed by atoms with Crippen LogP contribution in [0.4, 0.5) is 0 Å². The minimum absolute atomic E-state index is 0.131. The molecule has 1 N–H and O–H groups in total. The summed E-state index contributed by atoms with van der Waals surface area (Å²) in [5, 5.41) is 1.18. The van der Waals surface area contributed by atoms with E-state index in [1.165, 1.54) is 30.2 Å². The average molecular weight is 350 g/mol. The molecule has 0 aliphatic carbocycles. The molecule has 0 atom stereocenters. The van der Waals surface area contributed by atoms with Crippen LogP contribution in [0.3, 0.4) is 0 Å². The number of furan rings is 1. The van der Waals surface area contributed by atoms with Crippen molar-refractivity contribution in [3.05, 3.63) is 44.4 Å². The van der Waals surface area contributed by atoms with Gasteiger partial charge in [0.15, 0.2) is 5.16 Å². The highest BCUT2D eigenvalue weighted by atomic mass is 32.2. The Hall–Kier alpha value is -2.06. The van der Waals surface area contributed by atoms with Crippen molar-refractivity contribution in [3.8, 4) is 0 Å². The number of aryl methyl sites for hydroxylation is 2. The number of methoxy groups -OCH3 is 1. The minimum atomic E-state index is -0.515. The summed E-state index contributed by atoms with van der Waals surface area (Å²) >= 11 is 2.86. The maximum absolute atomic E-state index is 12.2. The molecule has 120 valence electrons. The molecule has 0 unspecified atom stereocenters. The smallest absolute Gasteiger partial charge is 0.373 e. The van der Waals surface area contributed by atoms with Gasteiger partial charge in [0.1, 0.15) is 10.6 Å². The summed E-state index contributed by atoms with van der Waals surface area (Å²) < 4.78 is 9.98. The summed E-state index contributed by atoms with van der Waals surface area (Å²) in [6.07, 6.45) is 0. The van der Waals surface area contributed by atoms with E-state index in [1.54, 1.807) is 12.1 Å². The molecule has 0 amide bonds. The Morgan fingerprint density at radius 2 is 2.22 bits per heavy atom. The lowest BCUT2D eigenvalue weighted by Gasteiger charge is -1.99. The van der Waals surface area contributed by atoms with E-state index in [4.69, 9.17) is 4.42 Å². The van der Waals surface area contributed by atoms with E-state index in [2.05, 4.69) is 14.7 Å². The predicted octanol–water partition coefficient (Wildman–Crippen LogP) is 3.27. The number of thiophene rings is 1. The van der Waals surface area contributed by atoms with Gasteiger partial charge < -0.3 is 14.1 Å². The molecular weight excluding hydrogens is 336 g/mol. The number of nitrogens with one attached hydrogen (secondary N) is 1. The van der Waals surface area contributed by atoms with Gasteiger partial charge in [0.05, 0.1) is 18.2 Å². The number of rotatable bonds is 4. The van der Waals surface area contributed by atoms with E-state index in [9.17, 15) is 9.59 Å². The minimum Gasteiger partial charge on any atom is -0.463 e. The van der Waals surface area contributed by atoms with Gasteiger partial charge in [0.25, 0.3) is 5.56 Å². The molecule has 0 bridgehead atoms. The molecule has 0 saturated carbocycles. The highest BCUT2D eigenvalue weighted by Gasteiger charge is 2.14. The summed E-state index contributed by atoms with van der Waals surface area (Å²) in [6.45, 7) is 3.90. The lowest BCUT2D eigenvalue weighted by atomic mass is 10.2. The van der Waals surface area contributed by atoms with E-state index in [0.29, 0.717) is 22.1 Å². The fourth-order valence-electron chi connectivity index (χ4n) is 2.11. The summed E-state index contributed by atoms with van der Waals surface area (Å²) in [7, 11) is 1.30. The lowest BCUT2D eigenvalue weighted by Crippen LogP contribution is -2.08. The van der Waals surface area contributed by atoms with Crippen molar-refractivity contribution in [2.24, 2.45) is 0 Å². The highest BCUT2D eigenvalue weighted by molar-refractivity contribution is 7.98. The Balaban J connectivity index is 1.81. The first-order valence-electron chi connectivity index (χ1n) is 6.79. The molecular formula is C15H14N2O4S2. The highest BCUT2D eigenvalue weighted by Crippen LogP contribution is 2.28. The van der Waals surface area contributed by atoms with Crippen molar-refractivity contribution >= 4 is 39.3 Å². The number of fused-ring (bicyclic) bond motifs is 1. The second-order valence-corrected chi connectivity index (χ2v) is 7.05. The summed E-state index contributed by atoms with van der Waals surface area (Å²) in [5.74, 6) is 0.703. The topological polar surface area (TPSA) is 85.2 Å². The van der Waals surface area contributed by atoms with Crippen molar-refractivity contribution < 1.29 is 13.9 Å². The number of thioether (sulfide) groups is 1. The third-order valence-corrected chi connectivity index (χ3v) is 5.41. The van der Waals surface area contributed by atoms with Crippen molar-refractivity contribution in [2.75, 3.05) is 7.11 Å². The van der Waals surface area contributed by atoms with Crippen molar-refractivity contribution in [1.29, 1.82) is 0 Å². The Labute approximate surface area is 139 Å². The van der Waals surface area contributed by atoms with Crippen molar-refractivity contribution in [3.63, 3.8) is 0 Å². The van der Waals surface area contributed by atoms with Crippen LogP contribution in [0, 0.1) is 13.8 Å². The summed E-state index contributed by atoms with van der Waals surface area (Å²) in [6, 6.07) is 3.27. The Morgan fingerprint density at radius 1 is 1.43 bits per heavy atom. The summed E-state index contributed by atoms with van der Waals surface area (Å²) in [4.78, 5) is 32.6. The maximum atomic E-state index is 12.2. The van der Waals surface area contributed by atoms with Gasteiger partial charge >= 0.3 is 5.97 Å². The van der Waals surface area contributed by atoms with E-state index in [-0.39, 0.29) is 11.3 Å². The van der Waals surface area contributed by atoms with Crippen LogP contribution in [-0.2, 0) is 10.5 Å². The first kappa shape index (κ1) is 15.8. The largest absolute Gasteiger partial charge is 0.463 e. The molecule has 0 aromatic carbocycles. The van der Waals surface area contributed by atoms with Crippen LogP contribution in [0.2, 0.25) is 0 Å². The fraction of sp³-hybridized carbons (Fsp3) is 0.267. The molecule has 3 aromatic rings. The number of aromatic amines is 1. The van der Waals surface area contributed by atoms with Crippen LogP contribution in [0.5, 0.6) is 0 Å². The van der Waals surface area contributed by atoms with Gasteiger partial charge in [-0.15, -0.1) is 11.3 Å². The number of ether oxygens (including phenoxy) is 1. The zero-order valence-corrected chi connectivity index (χ0v) is 14.4. The van der Waals surface area contributed by atoms with Gasteiger partial charge in [-0.1, -0.05) is 11.8 Å². The predicted molar refractivity (Wildman–Crippen MR) is 89.3 cm³/mol. The zero-order valence-electron chi connectivity index (χ0n) is 12.8. The number of esters is 1. The normalized spacial score (nSPS) is 11.1. The van der Waals surface area contributed by atoms with Gasteiger partial charge in [-0.2, -0.15) is 0 Å². The molecule has 3 aromatic heterocycles. The molecule has 3 heterocycles. The van der Waals surface area contributed by atoms with E-state index in [1.807, 2.05) is 13.8 Å². The molecule has 0 spiro atoms. The molecule has 0 saturated heterocycles. The van der Waals surface area contributed by atoms with Crippen LogP contribution in [0.15, 0.2) is 26.5 Å². The van der Waals surface area contributed by atoms with Crippen molar-refractivity contribution in [1.82, 2.24) is 9.97 Å². The zero-order chi connectivity index (χ0) is 16.6. The summed E-state index contributed by atoms with van der Waals surface area (Å²) in [5.41, 5.74) is 0.845. The standard InChI is InChI=1S/C15H14N2O4S2/c1-7-8(2)23-13-11(7)12(18)16-15(17-13)22-6-9-4-5-10(21-9)14(19)20-3/h4-5H,6H2,1-3H3,(H,16,17,18). The monoisotopic (exact) mass is 350 g/mol. The van der Waals surface area contributed by atoms with E-state index < -0.39 is 5.97 Å². The molecule has 6 nitrogen and oxygen atoms in total. The molecule has 3 rings (SSSR count). The first-order chi connectivity index (χ1) is 11.0. The Morgan fingerprint density at radius 3 is 2.96 bits per heavy atom. The SMILES string of the molecule is COC(=O)c1ccc(CSc2nc3sc(C)c(C)c3c(=O)[nH]2)o1. The number of carbonyl (C=O) groups excluding carboxylic acids is 1. The molecule has 0 aliphatic heterocycles. The van der Waals surface area contributed by atoms with Gasteiger partial charge in [-0.25, -0.2) is 9.78 Å². The maximum Gasteiger partial charge on any atom is 0.373 e. The molecule has 8 heteroatoms. The number of hydrogen-bond donors (Lipinski definition) is 1. The van der Waals surface area contributed by atoms with Crippen molar-refractivity contribution in [2.45, 2.75) is 24.8 Å². The second-order valence-electron chi connectivity index (χ2n) is 4.88. The van der Waals surface area contributed by atoms with Gasteiger partial charge in [-0.3, -0.25) is 4.79 Å². The van der Waals surface area contributed by atoms with Crippen LogP contribution in [0.25, 0.3) is 10.2 Å². The average Bonchev–Trinajstić information content (AvgIpc) is 3.10. The number of nitrogens with zero attached hydrogens (tertiary/aromatic N) is 1. The quantitative estimate of drug-likeness (QED) is 0.441. The number of H-pyrrole nitrogens is 1. The van der Waals surface area contributed by atoms with Crippen LogP contribution in [-0.4, -0.2) is 23.0 Å². The number of carbonyl (C=O) groups is 1. The Kier molecular flexibility index (Phi) is 4.27.